The minimum atomic E-state index is -1.66. The van der Waals surface area contributed by atoms with Crippen LogP contribution in [-0.4, -0.2) is 15.5 Å². The van der Waals surface area contributed by atoms with Gasteiger partial charge in [0.25, 0.3) is 0 Å². The zero-order chi connectivity index (χ0) is 25.6. The Kier molecular flexibility index (Phi) is 7.03. The van der Waals surface area contributed by atoms with Crippen LogP contribution in [-0.2, 0) is 0 Å². The summed E-state index contributed by atoms with van der Waals surface area (Å²) in [6.07, 6.45) is 0. The van der Waals surface area contributed by atoms with E-state index in [4.69, 9.17) is 11.6 Å². The molecule has 0 aromatic heterocycles. The Labute approximate surface area is 224 Å². The molecule has 0 fully saturated rings. The van der Waals surface area contributed by atoms with Crippen LogP contribution in [0, 0.1) is 0 Å². The molecule has 3 heteroatoms. The fourth-order valence-corrected chi connectivity index (χ4v) is 9.88. The van der Waals surface area contributed by atoms with Gasteiger partial charge in [-0.25, -0.2) is 0 Å². The van der Waals surface area contributed by atoms with Gasteiger partial charge in [0.2, 0.25) is 6.71 Å². The van der Waals surface area contributed by atoms with E-state index in [-0.39, 0.29) is 6.71 Å². The van der Waals surface area contributed by atoms with E-state index < -0.39 is 8.80 Å². The van der Waals surface area contributed by atoms with Gasteiger partial charge in [-0.1, -0.05) is 158 Å². The molecule has 4 aromatic carbocycles. The summed E-state index contributed by atoms with van der Waals surface area (Å²) in [6.45, 7) is 14.3. The van der Waals surface area contributed by atoms with Crippen molar-refractivity contribution in [2.24, 2.45) is 0 Å². The number of rotatable bonds is 5. The van der Waals surface area contributed by atoms with E-state index in [1.165, 1.54) is 48.6 Å². The van der Waals surface area contributed by atoms with Crippen molar-refractivity contribution in [1.29, 1.82) is 0 Å². The highest BCUT2D eigenvalue weighted by atomic mass is 35.5. The Morgan fingerprint density at radius 2 is 1.19 bits per heavy atom. The van der Waals surface area contributed by atoms with Crippen molar-refractivity contribution < 1.29 is 0 Å². The molecule has 0 spiro atoms. The maximum Gasteiger partial charge on any atom is 0.241 e. The van der Waals surface area contributed by atoms with Crippen molar-refractivity contribution in [2.75, 3.05) is 0 Å². The summed E-state index contributed by atoms with van der Waals surface area (Å²) in [5, 5.41) is 5.29. The van der Waals surface area contributed by atoms with E-state index in [0.29, 0.717) is 17.8 Å². The van der Waals surface area contributed by atoms with Crippen LogP contribution in [0.5, 0.6) is 0 Å². The Balaban J connectivity index is 1.87. The second-order valence-electron chi connectivity index (χ2n) is 11.3. The lowest BCUT2D eigenvalue weighted by Gasteiger charge is -2.36. The normalized spacial score (nSPS) is 14.9. The second kappa shape index (κ2) is 10.1. The summed E-state index contributed by atoms with van der Waals surface area (Å²) < 4.78 is 0. The van der Waals surface area contributed by atoms with Crippen molar-refractivity contribution in [3.8, 4) is 0 Å². The van der Waals surface area contributed by atoms with Crippen LogP contribution in [0.1, 0.15) is 76.0 Å². The van der Waals surface area contributed by atoms with E-state index in [1.807, 2.05) is 0 Å². The number of benzene rings is 4. The molecule has 1 aliphatic heterocycles. The third-order valence-electron chi connectivity index (χ3n) is 7.89. The third kappa shape index (κ3) is 4.40. The average Bonchev–Trinajstić information content (AvgIpc) is 2.86. The van der Waals surface area contributed by atoms with Crippen LogP contribution in [0.15, 0.2) is 84.9 Å². The minimum Gasteiger partial charge on any atom is -0.0844 e. The summed E-state index contributed by atoms with van der Waals surface area (Å²) >= 11 is 6.69. The van der Waals surface area contributed by atoms with Crippen LogP contribution in [0.3, 0.4) is 0 Å². The van der Waals surface area contributed by atoms with Gasteiger partial charge in [-0.2, -0.15) is 0 Å². The van der Waals surface area contributed by atoms with E-state index in [2.05, 4.69) is 126 Å². The molecule has 0 saturated carbocycles. The van der Waals surface area contributed by atoms with Crippen molar-refractivity contribution >= 4 is 59.1 Å². The molecule has 0 aliphatic carbocycles. The maximum atomic E-state index is 6.69. The van der Waals surface area contributed by atoms with Gasteiger partial charge in [-0.3, -0.25) is 0 Å². The van der Waals surface area contributed by atoms with Crippen LogP contribution >= 0.6 is 11.6 Å². The molecule has 0 nitrogen and oxygen atoms in total. The zero-order valence-electron chi connectivity index (χ0n) is 22.3. The van der Waals surface area contributed by atoms with Crippen LogP contribution in [0.2, 0.25) is 5.02 Å². The number of hydrogen-bond donors (Lipinski definition) is 0. The molecule has 1 unspecified atom stereocenters. The van der Waals surface area contributed by atoms with Crippen molar-refractivity contribution in [3.05, 3.63) is 107 Å². The number of fused-ring (bicyclic) bond motifs is 2. The highest BCUT2D eigenvalue weighted by Gasteiger charge is 2.39. The second-order valence-corrected chi connectivity index (χ2v) is 14.5. The number of hydrogen-bond acceptors (Lipinski definition) is 0. The summed E-state index contributed by atoms with van der Waals surface area (Å²) in [6, 6.07) is 32.0. The monoisotopic (exact) mass is 506 g/mol. The Hall–Kier alpha value is -2.55. The molecular formula is C33H36BClSi. The predicted molar refractivity (Wildman–Crippen MR) is 164 cm³/mol. The molecule has 0 N–H and O–H groups in total. The molecule has 36 heavy (non-hydrogen) atoms. The number of halogens is 1. The highest BCUT2D eigenvalue weighted by Crippen LogP contribution is 2.27. The summed E-state index contributed by atoms with van der Waals surface area (Å²) in [5.74, 6) is 1.40. The molecule has 182 valence electrons. The van der Waals surface area contributed by atoms with Crippen molar-refractivity contribution in [2.45, 2.75) is 59.3 Å². The predicted octanol–water partition coefficient (Wildman–Crippen LogP) is 4.79. The first-order valence-electron chi connectivity index (χ1n) is 13.4. The van der Waals surface area contributed by atoms with Crippen molar-refractivity contribution in [1.82, 2.24) is 0 Å². The summed E-state index contributed by atoms with van der Waals surface area (Å²) in [4.78, 5) is 0. The summed E-state index contributed by atoms with van der Waals surface area (Å²) in [7, 11) is -1.66. The summed E-state index contributed by atoms with van der Waals surface area (Å²) in [5.41, 5.74) is 8.87. The SMILES string of the molecule is CC(C)c1cc(C(C)C)c(B2c3ccccc3[SiH](c3ccccc3)c3cc(Cl)ccc32)c(C(C)C)c1. The van der Waals surface area contributed by atoms with Gasteiger partial charge in [-0.05, 0) is 46.6 Å². The van der Waals surface area contributed by atoms with Crippen molar-refractivity contribution in [3.63, 3.8) is 0 Å². The highest BCUT2D eigenvalue weighted by molar-refractivity contribution is 7.11. The lowest BCUT2D eigenvalue weighted by atomic mass is 9.34. The lowest BCUT2D eigenvalue weighted by molar-refractivity contribution is 0.812. The fraction of sp³-hybridized carbons (Fsp3) is 0.273. The minimum absolute atomic E-state index is 0.219. The van der Waals surface area contributed by atoms with E-state index in [1.54, 1.807) is 0 Å². The van der Waals surface area contributed by atoms with Crippen LogP contribution in [0.25, 0.3) is 0 Å². The molecule has 0 radical (unpaired) electrons. The Morgan fingerprint density at radius 3 is 1.81 bits per heavy atom. The fourth-order valence-electron chi connectivity index (χ4n) is 6.09. The van der Waals surface area contributed by atoms with E-state index in [0.717, 1.165) is 5.02 Å². The third-order valence-corrected chi connectivity index (χ3v) is 11.4. The molecule has 0 amide bonds. The first kappa shape index (κ1) is 25.1. The standard InChI is InChI=1S/C33H36BClSi/c1-21(2)24-18-27(22(3)4)33(28(19-24)23(5)6)34-29-14-10-11-15-31(29)36(26-12-8-7-9-13-26)32-20-25(35)16-17-30(32)34/h7-23,36H,1-6H3. The first-order chi connectivity index (χ1) is 17.3. The molecule has 4 aromatic rings. The van der Waals surface area contributed by atoms with E-state index >= 15 is 0 Å². The zero-order valence-corrected chi connectivity index (χ0v) is 24.3. The van der Waals surface area contributed by atoms with Gasteiger partial charge in [0.1, 0.15) is 8.80 Å². The van der Waals surface area contributed by atoms with Gasteiger partial charge in [0, 0.05) is 5.02 Å². The van der Waals surface area contributed by atoms with Gasteiger partial charge in [-0.15, -0.1) is 0 Å². The molecule has 1 heterocycles. The van der Waals surface area contributed by atoms with E-state index in [9.17, 15) is 0 Å². The average molecular weight is 507 g/mol. The largest absolute Gasteiger partial charge is 0.241 e. The molecule has 1 aliphatic rings. The van der Waals surface area contributed by atoms with Gasteiger partial charge in [0.15, 0.2) is 0 Å². The van der Waals surface area contributed by atoms with Crippen LogP contribution in [0.4, 0.5) is 0 Å². The Morgan fingerprint density at radius 1 is 0.611 bits per heavy atom. The van der Waals surface area contributed by atoms with Gasteiger partial charge >= 0.3 is 0 Å². The van der Waals surface area contributed by atoms with Gasteiger partial charge < -0.3 is 0 Å². The topological polar surface area (TPSA) is 0 Å². The molecule has 0 bridgehead atoms. The molecule has 1 atom stereocenters. The first-order valence-corrected chi connectivity index (χ1v) is 15.5. The smallest absolute Gasteiger partial charge is 0.0844 e. The Bertz CT molecular complexity index is 1360. The lowest BCUT2D eigenvalue weighted by Crippen LogP contribution is -2.75. The van der Waals surface area contributed by atoms with Gasteiger partial charge in [0.05, 0.1) is 0 Å². The quantitative estimate of drug-likeness (QED) is 0.301. The molecule has 5 rings (SSSR count). The molecular weight excluding hydrogens is 471 g/mol. The maximum absolute atomic E-state index is 6.69. The molecule has 0 saturated heterocycles. The van der Waals surface area contributed by atoms with Crippen LogP contribution < -0.4 is 31.9 Å².